The summed E-state index contributed by atoms with van der Waals surface area (Å²) < 4.78 is 0. The van der Waals surface area contributed by atoms with E-state index in [4.69, 9.17) is 10.8 Å². The van der Waals surface area contributed by atoms with Crippen molar-refractivity contribution < 1.29 is 14.7 Å². The lowest BCUT2D eigenvalue weighted by atomic mass is 9.87. The van der Waals surface area contributed by atoms with E-state index in [9.17, 15) is 9.59 Å². The second kappa shape index (κ2) is 5.90. The molecule has 2 aliphatic rings. The molecule has 0 radical (unpaired) electrons. The smallest absolute Gasteiger partial charge is 0.303 e. The topological polar surface area (TPSA) is 83.6 Å². The molecule has 2 unspecified atom stereocenters. The zero-order valence-corrected chi connectivity index (χ0v) is 11.5. The Labute approximate surface area is 114 Å². The van der Waals surface area contributed by atoms with E-state index in [1.807, 2.05) is 11.8 Å². The van der Waals surface area contributed by atoms with Gasteiger partial charge in [0.1, 0.15) is 0 Å². The summed E-state index contributed by atoms with van der Waals surface area (Å²) in [5.74, 6) is -0.434. The van der Waals surface area contributed by atoms with Crippen LogP contribution in [0.4, 0.5) is 0 Å². The van der Waals surface area contributed by atoms with Gasteiger partial charge in [-0.25, -0.2) is 0 Å². The normalized spacial score (nSPS) is 31.3. The Balaban J connectivity index is 1.99. The summed E-state index contributed by atoms with van der Waals surface area (Å²) in [5.41, 5.74) is 5.94. The van der Waals surface area contributed by atoms with Crippen molar-refractivity contribution in [2.24, 2.45) is 11.7 Å². The number of nitrogens with two attached hydrogens (primary N) is 1. The maximum absolute atomic E-state index is 12.4. The Morgan fingerprint density at radius 2 is 1.89 bits per heavy atom. The van der Waals surface area contributed by atoms with Gasteiger partial charge in [0.25, 0.3) is 0 Å². The first-order valence-corrected chi connectivity index (χ1v) is 7.32. The van der Waals surface area contributed by atoms with E-state index in [1.54, 1.807) is 0 Å². The molecular weight excluding hydrogens is 244 g/mol. The highest BCUT2D eigenvalue weighted by molar-refractivity contribution is 5.82. The van der Waals surface area contributed by atoms with E-state index >= 15 is 0 Å². The highest BCUT2D eigenvalue weighted by Crippen LogP contribution is 2.40. The third-order valence-electron chi connectivity index (χ3n) is 4.47. The van der Waals surface area contributed by atoms with Crippen molar-refractivity contribution in [1.82, 2.24) is 4.90 Å². The van der Waals surface area contributed by atoms with E-state index in [0.717, 1.165) is 38.5 Å². The van der Waals surface area contributed by atoms with Gasteiger partial charge in [0, 0.05) is 18.5 Å². The SMILES string of the molecule is CCC[C@H](N)C(=O)N1C2CCC1CC(CC(=O)O)C2. The molecule has 2 saturated heterocycles. The van der Waals surface area contributed by atoms with Gasteiger partial charge in [-0.15, -0.1) is 0 Å². The number of hydrogen-bond donors (Lipinski definition) is 2. The molecule has 2 heterocycles. The minimum Gasteiger partial charge on any atom is -0.481 e. The molecule has 0 saturated carbocycles. The van der Waals surface area contributed by atoms with Crippen molar-refractivity contribution in [2.75, 3.05) is 0 Å². The van der Waals surface area contributed by atoms with Crippen LogP contribution in [-0.2, 0) is 9.59 Å². The first kappa shape index (κ1) is 14.3. The molecular formula is C14H24N2O3. The van der Waals surface area contributed by atoms with Gasteiger partial charge < -0.3 is 15.7 Å². The molecule has 3 atom stereocenters. The summed E-state index contributed by atoms with van der Waals surface area (Å²) in [7, 11) is 0. The van der Waals surface area contributed by atoms with Crippen molar-refractivity contribution in [2.45, 2.75) is 70.0 Å². The fourth-order valence-electron chi connectivity index (χ4n) is 3.69. The van der Waals surface area contributed by atoms with Gasteiger partial charge in [-0.2, -0.15) is 0 Å². The second-order valence-corrected chi connectivity index (χ2v) is 5.96. The minimum atomic E-state index is -0.730. The zero-order chi connectivity index (χ0) is 14.0. The highest BCUT2D eigenvalue weighted by Gasteiger charge is 2.44. The molecule has 19 heavy (non-hydrogen) atoms. The lowest BCUT2D eigenvalue weighted by Gasteiger charge is -2.39. The molecule has 2 fully saturated rings. The summed E-state index contributed by atoms with van der Waals surface area (Å²) in [4.78, 5) is 25.1. The van der Waals surface area contributed by atoms with Crippen molar-refractivity contribution in [3.63, 3.8) is 0 Å². The van der Waals surface area contributed by atoms with E-state index in [2.05, 4.69) is 0 Å². The van der Waals surface area contributed by atoms with Gasteiger partial charge in [0.15, 0.2) is 0 Å². The Kier molecular flexibility index (Phi) is 4.45. The number of amides is 1. The predicted molar refractivity (Wildman–Crippen MR) is 71.5 cm³/mol. The number of fused-ring (bicyclic) bond motifs is 2. The molecule has 1 amide bonds. The van der Waals surface area contributed by atoms with Crippen LogP contribution in [0.1, 0.15) is 51.9 Å². The molecule has 0 aromatic carbocycles. The monoisotopic (exact) mass is 268 g/mol. The average molecular weight is 268 g/mol. The van der Waals surface area contributed by atoms with Gasteiger partial charge in [-0.3, -0.25) is 9.59 Å². The number of rotatable bonds is 5. The Morgan fingerprint density at radius 1 is 1.32 bits per heavy atom. The van der Waals surface area contributed by atoms with Gasteiger partial charge in [0.2, 0.25) is 5.91 Å². The molecule has 0 aromatic rings. The summed E-state index contributed by atoms with van der Waals surface area (Å²) >= 11 is 0. The molecule has 108 valence electrons. The van der Waals surface area contributed by atoms with E-state index in [-0.39, 0.29) is 36.4 Å². The predicted octanol–water partition coefficient (Wildman–Crippen LogP) is 1.36. The molecule has 5 heteroatoms. The van der Waals surface area contributed by atoms with Crippen LogP contribution < -0.4 is 5.73 Å². The van der Waals surface area contributed by atoms with Crippen LogP contribution in [0.25, 0.3) is 0 Å². The second-order valence-electron chi connectivity index (χ2n) is 5.96. The molecule has 2 bridgehead atoms. The quantitative estimate of drug-likeness (QED) is 0.788. The standard InChI is InChI=1S/C14H24N2O3/c1-2-3-12(15)14(19)16-10-4-5-11(16)7-9(6-10)8-13(17)18/h9-12H,2-8,15H2,1H3,(H,17,18)/t9?,10?,11?,12-/m0/s1. The van der Waals surface area contributed by atoms with Crippen LogP contribution in [0.15, 0.2) is 0 Å². The fourth-order valence-corrected chi connectivity index (χ4v) is 3.69. The molecule has 2 rings (SSSR count). The first-order chi connectivity index (χ1) is 9.02. The van der Waals surface area contributed by atoms with Gasteiger partial charge in [-0.05, 0) is 38.0 Å². The molecule has 0 aliphatic carbocycles. The average Bonchev–Trinajstić information content (AvgIpc) is 2.59. The Morgan fingerprint density at radius 3 is 2.37 bits per heavy atom. The van der Waals surface area contributed by atoms with E-state index in [0.29, 0.717) is 0 Å². The van der Waals surface area contributed by atoms with Crippen LogP contribution in [-0.4, -0.2) is 40.0 Å². The van der Waals surface area contributed by atoms with Crippen molar-refractivity contribution in [3.8, 4) is 0 Å². The maximum Gasteiger partial charge on any atom is 0.303 e. The van der Waals surface area contributed by atoms with Crippen LogP contribution in [0, 0.1) is 5.92 Å². The number of aliphatic carboxylic acids is 1. The molecule has 3 N–H and O–H groups in total. The third-order valence-corrected chi connectivity index (χ3v) is 4.47. The fraction of sp³-hybridized carbons (Fsp3) is 0.857. The van der Waals surface area contributed by atoms with Crippen molar-refractivity contribution in [3.05, 3.63) is 0 Å². The number of piperidine rings is 1. The van der Waals surface area contributed by atoms with Crippen LogP contribution in [0.5, 0.6) is 0 Å². The largest absolute Gasteiger partial charge is 0.481 e. The molecule has 5 nitrogen and oxygen atoms in total. The molecule has 0 spiro atoms. The van der Waals surface area contributed by atoms with Crippen LogP contribution >= 0.6 is 0 Å². The van der Waals surface area contributed by atoms with Crippen molar-refractivity contribution in [1.29, 1.82) is 0 Å². The van der Waals surface area contributed by atoms with Crippen LogP contribution in [0.3, 0.4) is 0 Å². The highest BCUT2D eigenvalue weighted by atomic mass is 16.4. The Bertz CT molecular complexity index is 345. The zero-order valence-electron chi connectivity index (χ0n) is 11.5. The van der Waals surface area contributed by atoms with Crippen LogP contribution in [0.2, 0.25) is 0 Å². The third kappa shape index (κ3) is 3.08. The van der Waals surface area contributed by atoms with Crippen molar-refractivity contribution >= 4 is 11.9 Å². The number of carbonyl (C=O) groups excluding carboxylic acids is 1. The summed E-state index contributed by atoms with van der Waals surface area (Å²) in [5, 5.41) is 8.89. The van der Waals surface area contributed by atoms with Gasteiger partial charge in [0.05, 0.1) is 6.04 Å². The lowest BCUT2D eigenvalue weighted by molar-refractivity contribution is -0.140. The lowest BCUT2D eigenvalue weighted by Crippen LogP contribution is -2.52. The van der Waals surface area contributed by atoms with E-state index < -0.39 is 5.97 Å². The molecule has 2 aliphatic heterocycles. The number of carboxylic acids is 1. The summed E-state index contributed by atoms with van der Waals surface area (Å²) in [6.07, 6.45) is 5.54. The van der Waals surface area contributed by atoms with Gasteiger partial charge >= 0.3 is 5.97 Å². The Hall–Kier alpha value is -1.10. The summed E-state index contributed by atoms with van der Waals surface area (Å²) in [6, 6.07) is 0.0566. The number of carbonyl (C=O) groups is 2. The summed E-state index contributed by atoms with van der Waals surface area (Å²) in [6.45, 7) is 2.03. The van der Waals surface area contributed by atoms with Gasteiger partial charge in [-0.1, -0.05) is 13.3 Å². The first-order valence-electron chi connectivity index (χ1n) is 7.32. The number of hydrogen-bond acceptors (Lipinski definition) is 3. The number of carboxylic acid groups (broad SMARTS) is 1. The van der Waals surface area contributed by atoms with E-state index in [1.165, 1.54) is 0 Å². The number of nitrogens with zero attached hydrogens (tertiary/aromatic N) is 1. The maximum atomic E-state index is 12.4. The molecule has 0 aromatic heterocycles. The minimum absolute atomic E-state index is 0.0723.